The second kappa shape index (κ2) is 8.14. The van der Waals surface area contributed by atoms with E-state index in [1.165, 1.54) is 11.1 Å². The molecule has 3 N–H and O–H groups in total. The third kappa shape index (κ3) is 3.46. The van der Waals surface area contributed by atoms with Crippen LogP contribution >= 0.6 is 0 Å². The molecule has 0 amide bonds. The summed E-state index contributed by atoms with van der Waals surface area (Å²) < 4.78 is 3.25. The van der Waals surface area contributed by atoms with Crippen molar-refractivity contribution in [2.45, 2.75) is 51.4 Å². The maximum Gasteiger partial charge on any atom is 0.278 e. The van der Waals surface area contributed by atoms with Crippen molar-refractivity contribution in [2.75, 3.05) is 5.32 Å². The smallest absolute Gasteiger partial charge is 0.278 e. The van der Waals surface area contributed by atoms with E-state index < -0.39 is 5.60 Å². The van der Waals surface area contributed by atoms with Gasteiger partial charge in [0.05, 0.1) is 12.2 Å². The minimum atomic E-state index is -0.956. The number of pyridine rings is 1. The molecule has 4 heterocycles. The average Bonchev–Trinajstić information content (AvgIpc) is 3.54. The number of rotatable bonds is 6. The van der Waals surface area contributed by atoms with E-state index >= 15 is 0 Å². The van der Waals surface area contributed by atoms with Gasteiger partial charge in [-0.2, -0.15) is 4.98 Å². The van der Waals surface area contributed by atoms with E-state index in [2.05, 4.69) is 34.3 Å². The molecule has 0 saturated heterocycles. The monoisotopic (exact) mass is 469 g/mol. The molecule has 4 aromatic rings. The lowest BCUT2D eigenvalue weighted by molar-refractivity contribution is 0.0306. The third-order valence-electron chi connectivity index (χ3n) is 7.09. The summed E-state index contributed by atoms with van der Waals surface area (Å²) in [5, 5.41) is 18.1. The highest BCUT2D eigenvalue weighted by molar-refractivity contribution is 5.77. The maximum absolute atomic E-state index is 13.2. The zero-order valence-electron chi connectivity index (χ0n) is 19.6. The maximum atomic E-state index is 13.2. The van der Waals surface area contributed by atoms with Crippen molar-refractivity contribution in [1.29, 1.82) is 0 Å². The normalized spacial score (nSPS) is 18.6. The Labute approximate surface area is 202 Å². The van der Waals surface area contributed by atoms with Crippen LogP contribution in [0.25, 0.3) is 16.9 Å². The van der Waals surface area contributed by atoms with Crippen LogP contribution in [0.3, 0.4) is 0 Å². The topological polar surface area (TPSA) is 110 Å². The lowest BCUT2D eigenvalue weighted by atomic mass is 9.98. The summed E-state index contributed by atoms with van der Waals surface area (Å²) in [6.07, 6.45) is 5.22. The summed E-state index contributed by atoms with van der Waals surface area (Å²) in [7, 11) is 0. The van der Waals surface area contributed by atoms with Gasteiger partial charge in [0.15, 0.2) is 11.5 Å². The number of benzene rings is 1. The Morgan fingerprint density at radius 2 is 2.03 bits per heavy atom. The molecule has 178 valence electrons. The van der Waals surface area contributed by atoms with Gasteiger partial charge in [-0.25, -0.2) is 19.3 Å². The summed E-state index contributed by atoms with van der Waals surface area (Å²) >= 11 is 0. The average molecular weight is 470 g/mol. The van der Waals surface area contributed by atoms with Crippen LogP contribution in [-0.2, 0) is 31.7 Å². The second-order valence-corrected chi connectivity index (χ2v) is 9.19. The minimum absolute atomic E-state index is 0.219. The molecule has 1 aliphatic heterocycles. The molecule has 1 aliphatic carbocycles. The fourth-order valence-corrected chi connectivity index (χ4v) is 5.11. The number of nitrogens with one attached hydrogen (secondary N) is 2. The molecule has 6 rings (SSSR count). The van der Waals surface area contributed by atoms with Crippen molar-refractivity contribution in [2.24, 2.45) is 0 Å². The van der Waals surface area contributed by atoms with E-state index in [0.717, 1.165) is 30.8 Å². The van der Waals surface area contributed by atoms with E-state index in [9.17, 15) is 9.90 Å². The molecule has 9 nitrogen and oxygen atoms in total. The molecule has 0 saturated carbocycles. The van der Waals surface area contributed by atoms with Crippen molar-refractivity contribution in [1.82, 2.24) is 29.6 Å². The zero-order valence-corrected chi connectivity index (χ0v) is 19.6. The van der Waals surface area contributed by atoms with Crippen LogP contribution in [0.4, 0.5) is 11.6 Å². The van der Waals surface area contributed by atoms with Crippen molar-refractivity contribution >= 4 is 22.7 Å². The molecule has 0 bridgehead atoms. The number of fused-ring (bicyclic) bond motifs is 3. The van der Waals surface area contributed by atoms with Gasteiger partial charge in [-0.15, -0.1) is 6.58 Å². The molecule has 1 atom stereocenters. The Hall–Kier alpha value is -3.82. The minimum Gasteiger partial charge on any atom is -0.384 e. The first-order chi connectivity index (χ1) is 17.0. The van der Waals surface area contributed by atoms with Crippen molar-refractivity contribution < 1.29 is 5.11 Å². The Kier molecular flexibility index (Phi) is 5.05. The summed E-state index contributed by atoms with van der Waals surface area (Å²) in [5.74, 6) is 0.916. The van der Waals surface area contributed by atoms with Gasteiger partial charge in [0.2, 0.25) is 5.95 Å². The predicted octanol–water partition coefficient (Wildman–Crippen LogP) is 3.05. The van der Waals surface area contributed by atoms with E-state index in [1.807, 2.05) is 25.1 Å². The first-order valence-corrected chi connectivity index (χ1v) is 11.9. The fraction of sp³-hybridized carbons (Fsp3) is 0.308. The molecule has 0 spiro atoms. The van der Waals surface area contributed by atoms with E-state index in [4.69, 9.17) is 9.97 Å². The van der Waals surface area contributed by atoms with Crippen LogP contribution in [0.1, 0.15) is 42.1 Å². The molecule has 35 heavy (non-hydrogen) atoms. The van der Waals surface area contributed by atoms with Gasteiger partial charge >= 0.3 is 0 Å². The SMILES string of the molecule is C=CCn1c(=O)c2cnc(Nc3ccc4c(c3)CNC4)nc2n1-c1ccc2c(n1)[C@@](O)(CC)CC2. The Morgan fingerprint density at radius 3 is 2.86 bits per heavy atom. The highest BCUT2D eigenvalue weighted by Crippen LogP contribution is 2.38. The van der Waals surface area contributed by atoms with Crippen LogP contribution in [0.5, 0.6) is 0 Å². The predicted molar refractivity (Wildman–Crippen MR) is 134 cm³/mol. The van der Waals surface area contributed by atoms with E-state index in [-0.39, 0.29) is 12.1 Å². The number of allylic oxidation sites excluding steroid dienone is 1. The molecular weight excluding hydrogens is 442 g/mol. The first-order valence-electron chi connectivity index (χ1n) is 11.9. The Balaban J connectivity index is 1.48. The van der Waals surface area contributed by atoms with Gasteiger partial charge in [0, 0.05) is 25.0 Å². The van der Waals surface area contributed by atoms with Gasteiger partial charge in [-0.05, 0) is 54.2 Å². The van der Waals surface area contributed by atoms with Gasteiger partial charge in [-0.1, -0.05) is 25.1 Å². The molecule has 0 fully saturated rings. The molecular formula is C26H27N7O2. The van der Waals surface area contributed by atoms with Crippen LogP contribution in [0.15, 0.2) is 54.0 Å². The largest absolute Gasteiger partial charge is 0.384 e. The van der Waals surface area contributed by atoms with Crippen LogP contribution in [0.2, 0.25) is 0 Å². The zero-order chi connectivity index (χ0) is 24.2. The Bertz CT molecular complexity index is 1540. The van der Waals surface area contributed by atoms with E-state index in [1.54, 1.807) is 21.6 Å². The summed E-state index contributed by atoms with van der Waals surface area (Å²) in [5.41, 5.74) is 4.40. The molecule has 1 aromatic carbocycles. The van der Waals surface area contributed by atoms with Crippen molar-refractivity contribution in [3.63, 3.8) is 0 Å². The van der Waals surface area contributed by atoms with E-state index in [0.29, 0.717) is 41.3 Å². The number of nitrogens with zero attached hydrogens (tertiary/aromatic N) is 5. The fourth-order valence-electron chi connectivity index (χ4n) is 5.11. The molecule has 2 aliphatic rings. The summed E-state index contributed by atoms with van der Waals surface area (Å²) in [6, 6.07) is 10.0. The Morgan fingerprint density at radius 1 is 1.20 bits per heavy atom. The second-order valence-electron chi connectivity index (χ2n) is 9.19. The van der Waals surface area contributed by atoms with Gasteiger partial charge in [-0.3, -0.25) is 4.79 Å². The van der Waals surface area contributed by atoms with Gasteiger partial charge < -0.3 is 15.7 Å². The molecule has 3 aromatic heterocycles. The number of hydrogen-bond acceptors (Lipinski definition) is 7. The molecule has 0 unspecified atom stereocenters. The molecule has 9 heteroatoms. The van der Waals surface area contributed by atoms with Crippen molar-refractivity contribution in [3.8, 4) is 5.82 Å². The standard InChI is InChI=1S/C26H27N7O2/c1-3-11-32-24(34)20-15-28-25(29-19-7-5-17-13-27-14-18(17)12-19)31-23(20)33(32)21-8-6-16-9-10-26(35,4-2)22(16)30-21/h3,5-8,12,15,27,35H,1,4,9-11,13-14H2,2H3,(H,28,29,31)/t26-/m1/s1. The van der Waals surface area contributed by atoms with Crippen LogP contribution < -0.4 is 16.2 Å². The number of hydrogen-bond donors (Lipinski definition) is 3. The number of aromatic nitrogens is 5. The highest BCUT2D eigenvalue weighted by Gasteiger charge is 2.37. The van der Waals surface area contributed by atoms with Crippen LogP contribution in [0, 0.1) is 0 Å². The quantitative estimate of drug-likeness (QED) is 0.372. The number of aliphatic hydroxyl groups is 1. The van der Waals surface area contributed by atoms with Gasteiger partial charge in [0.25, 0.3) is 5.56 Å². The lowest BCUT2D eigenvalue weighted by Crippen LogP contribution is -2.25. The van der Waals surface area contributed by atoms with Crippen molar-refractivity contribution in [3.05, 3.63) is 81.9 Å². The van der Waals surface area contributed by atoms with Crippen LogP contribution in [-0.4, -0.2) is 29.4 Å². The number of aryl methyl sites for hydroxylation is 1. The highest BCUT2D eigenvalue weighted by atomic mass is 16.3. The first kappa shape index (κ1) is 21.7. The summed E-state index contributed by atoms with van der Waals surface area (Å²) in [4.78, 5) is 27.2. The molecule has 0 radical (unpaired) electrons. The van der Waals surface area contributed by atoms with Gasteiger partial charge in [0.1, 0.15) is 11.0 Å². The lowest BCUT2D eigenvalue weighted by Gasteiger charge is -2.21. The summed E-state index contributed by atoms with van der Waals surface area (Å²) in [6.45, 7) is 7.77. The number of anilines is 2. The third-order valence-corrected chi connectivity index (χ3v) is 7.09.